The number of carbonyl (C=O) groups is 2. The Morgan fingerprint density at radius 1 is 1.12 bits per heavy atom. The number of nitrogens with zero attached hydrogens (tertiary/aromatic N) is 1. The lowest BCUT2D eigenvalue weighted by atomic mass is 9.96. The third-order valence-corrected chi connectivity index (χ3v) is 6.37. The minimum absolute atomic E-state index is 0.0154. The number of piperidine rings is 1. The number of nitrogens with one attached hydrogen (secondary N) is 2. The van der Waals surface area contributed by atoms with E-state index in [0.29, 0.717) is 38.5 Å². The lowest BCUT2D eigenvalue weighted by Gasteiger charge is -2.30. The van der Waals surface area contributed by atoms with E-state index in [9.17, 15) is 27.2 Å². The molecule has 1 aromatic heterocycles. The molecule has 0 saturated carbocycles. The van der Waals surface area contributed by atoms with Gasteiger partial charge in [-0.2, -0.15) is 13.2 Å². The molecule has 1 aliphatic rings. The molecule has 174 valence electrons. The molecule has 2 N–H and O–H groups in total. The van der Waals surface area contributed by atoms with Crippen molar-refractivity contribution in [2.45, 2.75) is 32.0 Å². The Kier molecular flexibility index (Phi) is 8.25. The van der Waals surface area contributed by atoms with Gasteiger partial charge in [0.25, 0.3) is 0 Å². The molecule has 2 heterocycles. The van der Waals surface area contributed by atoms with Crippen LogP contribution in [-0.4, -0.2) is 42.9 Å². The van der Waals surface area contributed by atoms with Crippen molar-refractivity contribution in [2.75, 3.05) is 26.2 Å². The zero-order chi connectivity index (χ0) is 23.1. The molecule has 0 unspecified atom stereocenters. The van der Waals surface area contributed by atoms with Gasteiger partial charge < -0.3 is 10.6 Å². The average Bonchev–Trinajstić information content (AvgIpc) is 3.26. The van der Waals surface area contributed by atoms with Gasteiger partial charge in [-0.15, -0.1) is 11.3 Å². The molecule has 2 amide bonds. The summed E-state index contributed by atoms with van der Waals surface area (Å²) in [7, 11) is 0. The summed E-state index contributed by atoms with van der Waals surface area (Å²) < 4.78 is 52.4. The first-order valence-corrected chi connectivity index (χ1v) is 11.2. The van der Waals surface area contributed by atoms with Gasteiger partial charge in [0.1, 0.15) is 5.82 Å². The first-order valence-electron chi connectivity index (χ1n) is 10.4. The number of rotatable bonds is 8. The largest absolute Gasteiger partial charge is 0.416 e. The van der Waals surface area contributed by atoms with Gasteiger partial charge in [-0.3, -0.25) is 14.5 Å². The van der Waals surface area contributed by atoms with Crippen molar-refractivity contribution in [1.82, 2.24) is 15.5 Å². The molecule has 1 fully saturated rings. The quantitative estimate of drug-likeness (QED) is 0.579. The number of thiophene rings is 1. The van der Waals surface area contributed by atoms with E-state index in [4.69, 9.17) is 0 Å². The van der Waals surface area contributed by atoms with Gasteiger partial charge in [0, 0.05) is 23.9 Å². The minimum Gasteiger partial charge on any atom is -0.355 e. The van der Waals surface area contributed by atoms with Crippen LogP contribution in [0.3, 0.4) is 0 Å². The number of amides is 2. The van der Waals surface area contributed by atoms with E-state index in [1.54, 1.807) is 11.3 Å². The smallest absolute Gasteiger partial charge is 0.355 e. The van der Waals surface area contributed by atoms with E-state index < -0.39 is 23.5 Å². The Bertz CT molecular complexity index is 910. The molecule has 32 heavy (non-hydrogen) atoms. The van der Waals surface area contributed by atoms with Crippen LogP contribution in [0.15, 0.2) is 35.7 Å². The summed E-state index contributed by atoms with van der Waals surface area (Å²) in [5.41, 5.74) is -1.28. The van der Waals surface area contributed by atoms with E-state index >= 15 is 0 Å². The average molecular weight is 472 g/mol. The number of halogens is 4. The van der Waals surface area contributed by atoms with Crippen LogP contribution in [-0.2, 0) is 28.7 Å². The Morgan fingerprint density at radius 2 is 1.88 bits per heavy atom. The SMILES string of the molecule is O=C(CN1CCC(C(=O)NCCc2cccs2)CC1)NCc1ccc(F)cc1C(F)(F)F. The molecule has 10 heteroatoms. The van der Waals surface area contributed by atoms with Crippen LogP contribution in [0.2, 0.25) is 0 Å². The van der Waals surface area contributed by atoms with Crippen molar-refractivity contribution in [1.29, 1.82) is 0 Å². The van der Waals surface area contributed by atoms with E-state index in [0.717, 1.165) is 18.6 Å². The fourth-order valence-corrected chi connectivity index (χ4v) is 4.39. The zero-order valence-electron chi connectivity index (χ0n) is 17.4. The third-order valence-electron chi connectivity index (χ3n) is 5.43. The molecule has 0 spiro atoms. The highest BCUT2D eigenvalue weighted by Crippen LogP contribution is 2.32. The highest BCUT2D eigenvalue weighted by Gasteiger charge is 2.34. The second kappa shape index (κ2) is 10.9. The summed E-state index contributed by atoms with van der Waals surface area (Å²) in [4.78, 5) is 27.6. The molecule has 1 aromatic carbocycles. The van der Waals surface area contributed by atoms with Crippen LogP contribution >= 0.6 is 11.3 Å². The second-order valence-electron chi connectivity index (χ2n) is 7.75. The Balaban J connectivity index is 1.39. The molecule has 1 aliphatic heterocycles. The van der Waals surface area contributed by atoms with E-state index in [1.165, 1.54) is 4.88 Å². The lowest BCUT2D eigenvalue weighted by Crippen LogP contribution is -2.44. The van der Waals surface area contributed by atoms with Gasteiger partial charge in [0.15, 0.2) is 0 Å². The lowest BCUT2D eigenvalue weighted by molar-refractivity contribution is -0.138. The standard InChI is InChI=1S/C22H25F4N3O2S/c23-17-4-3-16(19(12-17)22(24,25)26)13-28-20(30)14-29-9-6-15(7-10-29)21(31)27-8-5-18-2-1-11-32-18/h1-4,11-12,15H,5-10,13-14H2,(H,27,31)(H,28,30). The van der Waals surface area contributed by atoms with Crippen molar-refractivity contribution in [3.8, 4) is 0 Å². The number of hydrogen-bond donors (Lipinski definition) is 2. The van der Waals surface area contributed by atoms with Crippen molar-refractivity contribution in [3.05, 3.63) is 57.5 Å². The van der Waals surface area contributed by atoms with Crippen LogP contribution in [0.5, 0.6) is 0 Å². The van der Waals surface area contributed by atoms with E-state index in [2.05, 4.69) is 10.6 Å². The topological polar surface area (TPSA) is 61.4 Å². The number of hydrogen-bond acceptors (Lipinski definition) is 4. The monoisotopic (exact) mass is 471 g/mol. The zero-order valence-corrected chi connectivity index (χ0v) is 18.2. The first-order chi connectivity index (χ1) is 15.2. The normalized spacial score (nSPS) is 15.5. The van der Waals surface area contributed by atoms with Gasteiger partial charge in [-0.05, 0) is 61.5 Å². The maximum absolute atomic E-state index is 13.2. The van der Waals surface area contributed by atoms with Crippen LogP contribution in [0.25, 0.3) is 0 Å². The maximum atomic E-state index is 13.2. The summed E-state index contributed by atoms with van der Waals surface area (Å²) in [6, 6.07) is 6.40. The van der Waals surface area contributed by atoms with Gasteiger partial charge in [-0.1, -0.05) is 12.1 Å². The summed E-state index contributed by atoms with van der Waals surface area (Å²) in [6.45, 7) is 1.40. The number of likely N-dealkylation sites (tertiary alicyclic amines) is 1. The second-order valence-corrected chi connectivity index (χ2v) is 8.78. The summed E-state index contributed by atoms with van der Waals surface area (Å²) in [5, 5.41) is 7.43. The molecular weight excluding hydrogens is 446 g/mol. The Labute approximate surface area is 187 Å². The van der Waals surface area contributed by atoms with Crippen LogP contribution < -0.4 is 10.6 Å². The highest BCUT2D eigenvalue weighted by atomic mass is 32.1. The fourth-order valence-electron chi connectivity index (χ4n) is 3.68. The van der Waals surface area contributed by atoms with E-state index in [1.807, 2.05) is 22.4 Å². The maximum Gasteiger partial charge on any atom is 0.416 e. The van der Waals surface area contributed by atoms with Crippen molar-refractivity contribution in [2.24, 2.45) is 5.92 Å². The van der Waals surface area contributed by atoms with Gasteiger partial charge in [-0.25, -0.2) is 4.39 Å². The number of carbonyl (C=O) groups excluding carboxylic acids is 2. The molecule has 0 radical (unpaired) electrons. The first kappa shape index (κ1) is 24.2. The van der Waals surface area contributed by atoms with Gasteiger partial charge >= 0.3 is 6.18 Å². The molecule has 2 aromatic rings. The number of alkyl halides is 3. The van der Waals surface area contributed by atoms with Crippen molar-refractivity contribution < 1.29 is 27.2 Å². The van der Waals surface area contributed by atoms with E-state index in [-0.39, 0.29) is 30.5 Å². The van der Waals surface area contributed by atoms with Gasteiger partial charge in [0.05, 0.1) is 12.1 Å². The molecular formula is C22H25F4N3O2S. The number of benzene rings is 1. The van der Waals surface area contributed by atoms with Crippen molar-refractivity contribution in [3.63, 3.8) is 0 Å². The minimum atomic E-state index is -4.70. The fraction of sp³-hybridized carbons (Fsp3) is 0.455. The summed E-state index contributed by atoms with van der Waals surface area (Å²) in [5.74, 6) is -1.49. The Hall–Kier alpha value is -2.46. The molecule has 5 nitrogen and oxygen atoms in total. The predicted molar refractivity (Wildman–Crippen MR) is 113 cm³/mol. The highest BCUT2D eigenvalue weighted by molar-refractivity contribution is 7.09. The van der Waals surface area contributed by atoms with Crippen LogP contribution in [0.4, 0.5) is 17.6 Å². The van der Waals surface area contributed by atoms with Crippen molar-refractivity contribution >= 4 is 23.2 Å². The predicted octanol–water partition coefficient (Wildman–Crippen LogP) is 3.59. The van der Waals surface area contributed by atoms with Crippen LogP contribution in [0.1, 0.15) is 28.8 Å². The molecule has 0 bridgehead atoms. The summed E-state index contributed by atoms with van der Waals surface area (Å²) in [6.07, 6.45) is -2.66. The molecule has 3 rings (SSSR count). The van der Waals surface area contributed by atoms with Crippen LogP contribution in [0, 0.1) is 11.7 Å². The Morgan fingerprint density at radius 3 is 2.53 bits per heavy atom. The molecule has 1 saturated heterocycles. The summed E-state index contributed by atoms with van der Waals surface area (Å²) >= 11 is 1.65. The van der Waals surface area contributed by atoms with Gasteiger partial charge in [0.2, 0.25) is 11.8 Å². The molecule has 0 atom stereocenters. The molecule has 0 aliphatic carbocycles. The third kappa shape index (κ3) is 7.03.